The number of aromatic nitrogens is 2. The second kappa shape index (κ2) is 5.67. The van der Waals surface area contributed by atoms with Crippen LogP contribution in [-0.4, -0.2) is 34.6 Å². The molecule has 0 atom stereocenters. The van der Waals surface area contributed by atoms with Gasteiger partial charge in [0.2, 0.25) is 0 Å². The van der Waals surface area contributed by atoms with Crippen LogP contribution in [0.3, 0.4) is 0 Å². The SMILES string of the molecule is CC1(C)OCC(Nc2cccc(Cl)c2-n2ccnc2)CO1. The summed E-state index contributed by atoms with van der Waals surface area (Å²) in [4.78, 5) is 4.07. The summed E-state index contributed by atoms with van der Waals surface area (Å²) in [6.07, 6.45) is 5.31. The van der Waals surface area contributed by atoms with E-state index >= 15 is 0 Å². The lowest BCUT2D eigenvalue weighted by molar-refractivity contribution is -0.247. The molecule has 6 heteroatoms. The minimum absolute atomic E-state index is 0.0822. The summed E-state index contributed by atoms with van der Waals surface area (Å²) in [7, 11) is 0. The Labute approximate surface area is 128 Å². The zero-order valence-electron chi connectivity index (χ0n) is 12.0. The van der Waals surface area contributed by atoms with Crippen molar-refractivity contribution in [2.24, 2.45) is 0 Å². The monoisotopic (exact) mass is 307 g/mol. The Hall–Kier alpha value is -1.56. The number of anilines is 1. The van der Waals surface area contributed by atoms with Gasteiger partial charge in [0.25, 0.3) is 0 Å². The molecule has 21 heavy (non-hydrogen) atoms. The minimum Gasteiger partial charge on any atom is -0.376 e. The van der Waals surface area contributed by atoms with E-state index in [9.17, 15) is 0 Å². The molecule has 2 heterocycles. The van der Waals surface area contributed by atoms with Gasteiger partial charge in [-0.05, 0) is 26.0 Å². The lowest BCUT2D eigenvalue weighted by atomic mass is 10.2. The van der Waals surface area contributed by atoms with Crippen LogP contribution in [0.25, 0.3) is 5.69 Å². The third-order valence-corrected chi connectivity index (χ3v) is 3.68. The summed E-state index contributed by atoms with van der Waals surface area (Å²) in [5.74, 6) is -0.514. The molecule has 0 bridgehead atoms. The van der Waals surface area contributed by atoms with Crippen molar-refractivity contribution < 1.29 is 9.47 Å². The van der Waals surface area contributed by atoms with Gasteiger partial charge < -0.3 is 19.4 Å². The Morgan fingerprint density at radius 2 is 2.10 bits per heavy atom. The minimum atomic E-state index is -0.514. The van der Waals surface area contributed by atoms with E-state index in [0.717, 1.165) is 11.4 Å². The third-order valence-electron chi connectivity index (χ3n) is 3.37. The lowest BCUT2D eigenvalue weighted by Crippen LogP contribution is -2.45. The molecule has 5 nitrogen and oxygen atoms in total. The fraction of sp³-hybridized carbons (Fsp3) is 0.400. The third kappa shape index (κ3) is 3.20. The molecule has 1 aromatic heterocycles. The maximum absolute atomic E-state index is 6.33. The fourth-order valence-corrected chi connectivity index (χ4v) is 2.55. The van der Waals surface area contributed by atoms with Gasteiger partial charge in [-0.25, -0.2) is 4.98 Å². The fourth-order valence-electron chi connectivity index (χ4n) is 2.28. The van der Waals surface area contributed by atoms with Crippen molar-refractivity contribution in [2.45, 2.75) is 25.7 Å². The number of hydrogen-bond donors (Lipinski definition) is 1. The van der Waals surface area contributed by atoms with E-state index in [1.807, 2.05) is 42.8 Å². The first-order valence-corrected chi connectivity index (χ1v) is 7.24. The highest BCUT2D eigenvalue weighted by atomic mass is 35.5. The average molecular weight is 308 g/mol. The number of nitrogens with zero attached hydrogens (tertiary/aromatic N) is 2. The summed E-state index contributed by atoms with van der Waals surface area (Å²) < 4.78 is 13.2. The second-order valence-electron chi connectivity index (χ2n) is 5.47. The van der Waals surface area contributed by atoms with Crippen LogP contribution in [0.4, 0.5) is 5.69 Å². The summed E-state index contributed by atoms with van der Waals surface area (Å²) in [5, 5.41) is 4.10. The maximum Gasteiger partial charge on any atom is 0.162 e. The summed E-state index contributed by atoms with van der Waals surface area (Å²) in [6, 6.07) is 5.85. The van der Waals surface area contributed by atoms with E-state index in [2.05, 4.69) is 10.3 Å². The molecule has 1 aromatic carbocycles. The maximum atomic E-state index is 6.33. The first-order chi connectivity index (χ1) is 10.1. The number of para-hydroxylation sites is 1. The second-order valence-corrected chi connectivity index (χ2v) is 5.88. The van der Waals surface area contributed by atoms with Crippen molar-refractivity contribution in [3.63, 3.8) is 0 Å². The van der Waals surface area contributed by atoms with Crippen LogP contribution in [-0.2, 0) is 9.47 Å². The molecular weight excluding hydrogens is 290 g/mol. The van der Waals surface area contributed by atoms with E-state index in [1.165, 1.54) is 0 Å². The predicted molar refractivity (Wildman–Crippen MR) is 82.0 cm³/mol. The zero-order valence-corrected chi connectivity index (χ0v) is 12.8. The van der Waals surface area contributed by atoms with Crippen LogP contribution < -0.4 is 5.32 Å². The van der Waals surface area contributed by atoms with Crippen LogP contribution in [0.2, 0.25) is 5.02 Å². The van der Waals surface area contributed by atoms with E-state index in [4.69, 9.17) is 21.1 Å². The molecule has 112 valence electrons. The van der Waals surface area contributed by atoms with E-state index < -0.39 is 5.79 Å². The van der Waals surface area contributed by atoms with Crippen LogP contribution in [0, 0.1) is 0 Å². The van der Waals surface area contributed by atoms with Crippen molar-refractivity contribution in [1.29, 1.82) is 0 Å². The van der Waals surface area contributed by atoms with Gasteiger partial charge in [0, 0.05) is 12.4 Å². The molecule has 0 radical (unpaired) electrons. The predicted octanol–water partition coefficient (Wildman–Crippen LogP) is 3.09. The molecule has 1 N–H and O–H groups in total. The molecule has 1 fully saturated rings. The van der Waals surface area contributed by atoms with Crippen LogP contribution >= 0.6 is 11.6 Å². The molecule has 3 rings (SSSR count). The van der Waals surface area contributed by atoms with Gasteiger partial charge in [0.05, 0.1) is 42.0 Å². The number of imidazole rings is 1. The van der Waals surface area contributed by atoms with Crippen molar-refractivity contribution in [1.82, 2.24) is 9.55 Å². The first-order valence-electron chi connectivity index (χ1n) is 6.86. The van der Waals surface area contributed by atoms with Crippen molar-refractivity contribution in [3.8, 4) is 5.69 Å². The Balaban J connectivity index is 1.82. The highest BCUT2D eigenvalue weighted by Crippen LogP contribution is 2.29. The molecule has 1 aliphatic rings. The molecular formula is C15H18ClN3O2. The Morgan fingerprint density at radius 1 is 1.33 bits per heavy atom. The standard InChI is InChI=1S/C15H18ClN3O2/c1-15(2)20-8-11(9-21-15)18-13-5-3-4-12(16)14(13)19-7-6-17-10-19/h3-7,10-11,18H,8-9H2,1-2H3. The Morgan fingerprint density at radius 3 is 2.76 bits per heavy atom. The smallest absolute Gasteiger partial charge is 0.162 e. The number of ether oxygens (including phenoxy) is 2. The topological polar surface area (TPSA) is 48.3 Å². The highest BCUT2D eigenvalue weighted by molar-refractivity contribution is 6.33. The van der Waals surface area contributed by atoms with E-state index in [1.54, 1.807) is 12.5 Å². The van der Waals surface area contributed by atoms with Crippen molar-refractivity contribution in [3.05, 3.63) is 41.9 Å². The molecule has 0 spiro atoms. The van der Waals surface area contributed by atoms with Gasteiger partial charge in [-0.15, -0.1) is 0 Å². The zero-order chi connectivity index (χ0) is 14.9. The summed E-state index contributed by atoms with van der Waals surface area (Å²) in [6.45, 7) is 5.00. The number of nitrogens with one attached hydrogen (secondary N) is 1. The van der Waals surface area contributed by atoms with E-state index in [-0.39, 0.29) is 6.04 Å². The number of rotatable bonds is 3. The molecule has 2 aromatic rings. The Bertz CT molecular complexity index is 603. The van der Waals surface area contributed by atoms with Gasteiger partial charge in [-0.3, -0.25) is 0 Å². The average Bonchev–Trinajstić information content (AvgIpc) is 2.95. The van der Waals surface area contributed by atoms with Crippen molar-refractivity contribution in [2.75, 3.05) is 18.5 Å². The van der Waals surface area contributed by atoms with Crippen LogP contribution in [0.5, 0.6) is 0 Å². The molecule has 0 amide bonds. The largest absolute Gasteiger partial charge is 0.376 e. The molecule has 0 aliphatic carbocycles. The van der Waals surface area contributed by atoms with Crippen LogP contribution in [0.1, 0.15) is 13.8 Å². The van der Waals surface area contributed by atoms with Gasteiger partial charge in [0.15, 0.2) is 5.79 Å². The van der Waals surface area contributed by atoms with Gasteiger partial charge >= 0.3 is 0 Å². The Kier molecular flexibility index (Phi) is 3.89. The van der Waals surface area contributed by atoms with Crippen molar-refractivity contribution >= 4 is 17.3 Å². The van der Waals surface area contributed by atoms with Gasteiger partial charge in [-0.2, -0.15) is 0 Å². The molecule has 0 unspecified atom stereocenters. The van der Waals surface area contributed by atoms with E-state index in [0.29, 0.717) is 18.2 Å². The lowest BCUT2D eigenvalue weighted by Gasteiger charge is -2.35. The first kappa shape index (κ1) is 14.4. The summed E-state index contributed by atoms with van der Waals surface area (Å²) in [5.41, 5.74) is 1.80. The summed E-state index contributed by atoms with van der Waals surface area (Å²) >= 11 is 6.33. The normalized spacial score (nSPS) is 18.6. The molecule has 1 aliphatic heterocycles. The van der Waals surface area contributed by atoms with Gasteiger partial charge in [0.1, 0.15) is 0 Å². The highest BCUT2D eigenvalue weighted by Gasteiger charge is 2.28. The molecule has 1 saturated heterocycles. The van der Waals surface area contributed by atoms with Crippen LogP contribution in [0.15, 0.2) is 36.9 Å². The number of hydrogen-bond acceptors (Lipinski definition) is 4. The number of halogens is 1. The van der Waals surface area contributed by atoms with Gasteiger partial charge in [-0.1, -0.05) is 17.7 Å². The molecule has 0 saturated carbocycles. The number of benzene rings is 1. The quantitative estimate of drug-likeness (QED) is 0.946.